The van der Waals surface area contributed by atoms with Crippen LogP contribution >= 0.6 is 0 Å². The second kappa shape index (κ2) is 8.19. The zero-order valence-electron chi connectivity index (χ0n) is 15.9. The molecule has 7 nitrogen and oxygen atoms in total. The Labute approximate surface area is 159 Å². The highest BCUT2D eigenvalue weighted by Crippen LogP contribution is 2.27. The lowest BCUT2D eigenvalue weighted by atomic mass is 9.93. The first-order chi connectivity index (χ1) is 13.2. The van der Waals surface area contributed by atoms with Crippen LogP contribution in [0.5, 0.6) is 0 Å². The predicted molar refractivity (Wildman–Crippen MR) is 102 cm³/mol. The van der Waals surface area contributed by atoms with Crippen LogP contribution in [0.3, 0.4) is 0 Å². The van der Waals surface area contributed by atoms with Crippen LogP contribution in [-0.2, 0) is 11.3 Å². The molecule has 2 aliphatic rings. The van der Waals surface area contributed by atoms with Gasteiger partial charge in [0.25, 0.3) is 5.91 Å². The van der Waals surface area contributed by atoms with Crippen molar-refractivity contribution in [1.82, 2.24) is 25.0 Å². The minimum absolute atomic E-state index is 0.0156. The van der Waals surface area contributed by atoms with Gasteiger partial charge in [-0.1, -0.05) is 6.07 Å². The van der Waals surface area contributed by atoms with E-state index in [0.29, 0.717) is 37.9 Å². The molecule has 2 saturated heterocycles. The van der Waals surface area contributed by atoms with Gasteiger partial charge in [-0.15, -0.1) is 0 Å². The van der Waals surface area contributed by atoms with Crippen LogP contribution in [0.4, 0.5) is 0 Å². The number of ether oxygens (including phenoxy) is 1. The number of aromatic amines is 1. The minimum Gasteiger partial charge on any atom is -0.378 e. The maximum atomic E-state index is 12.7. The van der Waals surface area contributed by atoms with Crippen molar-refractivity contribution in [1.29, 1.82) is 0 Å². The molecule has 0 aromatic carbocycles. The molecule has 0 radical (unpaired) electrons. The van der Waals surface area contributed by atoms with Crippen molar-refractivity contribution in [2.24, 2.45) is 0 Å². The van der Waals surface area contributed by atoms with E-state index in [1.807, 2.05) is 23.2 Å². The molecule has 0 spiro atoms. The number of carbonyl (C=O) groups is 1. The normalized spacial score (nSPS) is 21.4. The quantitative estimate of drug-likeness (QED) is 0.892. The Morgan fingerprint density at radius 1 is 1.30 bits per heavy atom. The highest BCUT2D eigenvalue weighted by Gasteiger charge is 2.25. The second-order valence-corrected chi connectivity index (χ2v) is 7.45. The molecule has 2 aromatic heterocycles. The number of nitrogens with one attached hydrogen (secondary N) is 1. The largest absolute Gasteiger partial charge is 0.378 e. The molecule has 0 bridgehead atoms. The summed E-state index contributed by atoms with van der Waals surface area (Å²) in [5.74, 6) is 0.380. The first-order valence-corrected chi connectivity index (χ1v) is 9.76. The molecule has 2 fully saturated rings. The summed E-state index contributed by atoms with van der Waals surface area (Å²) < 4.78 is 5.34. The number of piperidine rings is 1. The fourth-order valence-corrected chi connectivity index (χ4v) is 3.94. The number of nitrogens with zero attached hydrogens (tertiary/aromatic N) is 4. The SMILES string of the molecule is Cc1[nH]ncc1CN1CCC[C@H](c2cccc(C(=O)N3CCOCC3)n2)C1. The third-order valence-corrected chi connectivity index (χ3v) is 5.54. The fraction of sp³-hybridized carbons (Fsp3) is 0.550. The van der Waals surface area contributed by atoms with E-state index in [1.54, 1.807) is 0 Å². The number of likely N-dealkylation sites (tertiary alicyclic amines) is 1. The van der Waals surface area contributed by atoms with Crippen LogP contribution in [0, 0.1) is 6.92 Å². The van der Waals surface area contributed by atoms with E-state index in [9.17, 15) is 4.79 Å². The molecular formula is C20H27N5O2. The number of aromatic nitrogens is 3. The summed E-state index contributed by atoms with van der Waals surface area (Å²) in [5, 5.41) is 7.14. The molecule has 4 rings (SSSR count). The van der Waals surface area contributed by atoms with E-state index < -0.39 is 0 Å². The summed E-state index contributed by atoms with van der Waals surface area (Å²) in [6, 6.07) is 5.86. The molecular weight excluding hydrogens is 342 g/mol. The molecule has 1 amide bonds. The Bertz CT molecular complexity index is 784. The maximum absolute atomic E-state index is 12.7. The molecule has 2 aromatic rings. The molecule has 0 saturated carbocycles. The van der Waals surface area contributed by atoms with Gasteiger partial charge in [-0.25, -0.2) is 4.98 Å². The van der Waals surface area contributed by atoms with Gasteiger partial charge in [0.15, 0.2) is 0 Å². The third-order valence-electron chi connectivity index (χ3n) is 5.54. The fourth-order valence-electron chi connectivity index (χ4n) is 3.94. The lowest BCUT2D eigenvalue weighted by molar-refractivity contribution is 0.0298. The number of hydrogen-bond donors (Lipinski definition) is 1. The molecule has 0 aliphatic carbocycles. The number of hydrogen-bond acceptors (Lipinski definition) is 5. The molecule has 1 atom stereocenters. The van der Waals surface area contributed by atoms with E-state index in [0.717, 1.165) is 43.9 Å². The Kier molecular flexibility index (Phi) is 5.50. The second-order valence-electron chi connectivity index (χ2n) is 7.45. The summed E-state index contributed by atoms with van der Waals surface area (Å²) >= 11 is 0. The highest BCUT2D eigenvalue weighted by molar-refractivity contribution is 5.92. The number of pyridine rings is 1. The van der Waals surface area contributed by atoms with Gasteiger partial charge in [-0.05, 0) is 38.4 Å². The summed E-state index contributed by atoms with van der Waals surface area (Å²) in [4.78, 5) is 21.8. The molecule has 0 unspecified atom stereocenters. The summed E-state index contributed by atoms with van der Waals surface area (Å²) in [6.07, 6.45) is 4.17. The molecule has 7 heteroatoms. The van der Waals surface area contributed by atoms with Gasteiger partial charge in [-0.2, -0.15) is 5.10 Å². The van der Waals surface area contributed by atoms with E-state index in [-0.39, 0.29) is 5.91 Å². The Hall–Kier alpha value is -2.25. The number of morpholine rings is 1. The van der Waals surface area contributed by atoms with Crippen molar-refractivity contribution >= 4 is 5.91 Å². The van der Waals surface area contributed by atoms with Crippen molar-refractivity contribution in [3.05, 3.63) is 47.0 Å². The Morgan fingerprint density at radius 2 is 2.15 bits per heavy atom. The summed E-state index contributed by atoms with van der Waals surface area (Å²) in [6.45, 7) is 7.53. The lowest BCUT2D eigenvalue weighted by Gasteiger charge is -2.32. The molecule has 1 N–H and O–H groups in total. The lowest BCUT2D eigenvalue weighted by Crippen LogP contribution is -2.41. The number of amides is 1. The Balaban J connectivity index is 1.44. The monoisotopic (exact) mass is 369 g/mol. The van der Waals surface area contributed by atoms with Crippen LogP contribution in [0.2, 0.25) is 0 Å². The van der Waals surface area contributed by atoms with Gasteiger partial charge >= 0.3 is 0 Å². The number of rotatable bonds is 4. The summed E-state index contributed by atoms with van der Waals surface area (Å²) in [7, 11) is 0. The van der Waals surface area contributed by atoms with Crippen LogP contribution in [0.25, 0.3) is 0 Å². The number of aryl methyl sites for hydroxylation is 1. The number of carbonyl (C=O) groups excluding carboxylic acids is 1. The van der Waals surface area contributed by atoms with E-state index in [1.165, 1.54) is 5.56 Å². The van der Waals surface area contributed by atoms with Crippen molar-refractivity contribution in [3.63, 3.8) is 0 Å². The average molecular weight is 369 g/mol. The molecule has 2 aliphatic heterocycles. The van der Waals surface area contributed by atoms with Crippen LogP contribution in [0.15, 0.2) is 24.4 Å². The Morgan fingerprint density at radius 3 is 2.93 bits per heavy atom. The average Bonchev–Trinajstić information content (AvgIpc) is 3.13. The molecule has 144 valence electrons. The van der Waals surface area contributed by atoms with Gasteiger partial charge in [0.2, 0.25) is 0 Å². The molecule has 4 heterocycles. The zero-order chi connectivity index (χ0) is 18.6. The topological polar surface area (TPSA) is 74.4 Å². The van der Waals surface area contributed by atoms with Gasteiger partial charge < -0.3 is 9.64 Å². The van der Waals surface area contributed by atoms with E-state index >= 15 is 0 Å². The van der Waals surface area contributed by atoms with Crippen LogP contribution < -0.4 is 0 Å². The maximum Gasteiger partial charge on any atom is 0.272 e. The van der Waals surface area contributed by atoms with Gasteiger partial charge in [0, 0.05) is 49.0 Å². The first-order valence-electron chi connectivity index (χ1n) is 9.76. The smallest absolute Gasteiger partial charge is 0.272 e. The highest BCUT2D eigenvalue weighted by atomic mass is 16.5. The van der Waals surface area contributed by atoms with E-state index in [2.05, 4.69) is 28.1 Å². The zero-order valence-corrected chi connectivity index (χ0v) is 15.9. The van der Waals surface area contributed by atoms with Crippen molar-refractivity contribution < 1.29 is 9.53 Å². The minimum atomic E-state index is 0.0156. The van der Waals surface area contributed by atoms with Crippen molar-refractivity contribution in [3.8, 4) is 0 Å². The van der Waals surface area contributed by atoms with Gasteiger partial charge in [0.05, 0.1) is 19.4 Å². The van der Waals surface area contributed by atoms with E-state index in [4.69, 9.17) is 9.72 Å². The third kappa shape index (κ3) is 4.20. The summed E-state index contributed by atoms with van der Waals surface area (Å²) in [5.41, 5.74) is 3.97. The predicted octanol–water partition coefficient (Wildman–Crippen LogP) is 1.97. The first kappa shape index (κ1) is 18.1. The van der Waals surface area contributed by atoms with Crippen molar-refractivity contribution in [2.45, 2.75) is 32.2 Å². The van der Waals surface area contributed by atoms with Gasteiger partial charge in [-0.3, -0.25) is 14.8 Å². The standard InChI is InChI=1S/C20H27N5O2/c1-15-17(12-21-23-15)14-24-7-3-4-16(13-24)18-5-2-6-19(22-18)20(26)25-8-10-27-11-9-25/h2,5-6,12,16H,3-4,7-11,13-14H2,1H3,(H,21,23)/t16-/m0/s1. The van der Waals surface area contributed by atoms with Gasteiger partial charge in [0.1, 0.15) is 5.69 Å². The van der Waals surface area contributed by atoms with Crippen LogP contribution in [0.1, 0.15) is 46.2 Å². The van der Waals surface area contributed by atoms with Crippen LogP contribution in [-0.4, -0.2) is 70.3 Å². The molecule has 27 heavy (non-hydrogen) atoms. The van der Waals surface area contributed by atoms with Crippen molar-refractivity contribution in [2.75, 3.05) is 39.4 Å². The number of H-pyrrole nitrogens is 1.